The number of thioether (sulfide) groups is 1. The number of ether oxygens (including phenoxy) is 1. The van der Waals surface area contributed by atoms with Crippen molar-refractivity contribution in [1.29, 1.82) is 0 Å². The van der Waals surface area contributed by atoms with Gasteiger partial charge in [-0.1, -0.05) is 129 Å². The average Bonchev–Trinajstić information content (AvgIpc) is 3.72. The predicted molar refractivity (Wildman–Crippen MR) is 222 cm³/mol. The van der Waals surface area contributed by atoms with Crippen LogP contribution in [0.1, 0.15) is 32.5 Å². The Labute approximate surface area is 318 Å². The number of aliphatic carboxylic acids is 1. The third-order valence-corrected chi connectivity index (χ3v) is 11.4. The monoisotopic (exact) mass is 732 g/mol. The number of carbonyl (C=O) groups is 2. The minimum absolute atomic E-state index is 0.0166. The van der Waals surface area contributed by atoms with Crippen molar-refractivity contribution >= 4 is 90.1 Å². The highest BCUT2D eigenvalue weighted by molar-refractivity contribution is 8.04. The highest BCUT2D eigenvalue weighted by Gasteiger charge is 2.30. The van der Waals surface area contributed by atoms with Crippen LogP contribution in [-0.2, 0) is 27.4 Å². The third kappa shape index (κ3) is 6.41. The molecule has 54 heavy (non-hydrogen) atoms. The Morgan fingerprint density at radius 1 is 0.778 bits per heavy atom. The molecule has 1 aromatic heterocycles. The standard InChI is InChI=1S/C46H41N3O4S/c1-31(2)24-26-47-40(48(27-25-42(51)52)44-37-19-11-7-15-33(37)32-14-6-10-18-36(32)43(44)47)22-4-3-5-23-41-49(28-29-53-30-50)45-38-20-12-8-16-34(38)35-17-9-13-21-39(35)46(45)54-41/h3-23,30-31H,24-29H2,1-2H3/p+1. The molecule has 0 unspecified atom stereocenters. The van der Waals surface area contributed by atoms with Crippen LogP contribution >= 0.6 is 11.8 Å². The number of nitrogens with zero attached hydrogens (tertiary/aromatic N) is 3. The summed E-state index contributed by atoms with van der Waals surface area (Å²) in [5.74, 6) is 0.641. The number of carboxylic acids is 1. The molecule has 0 saturated heterocycles. The van der Waals surface area contributed by atoms with Crippen molar-refractivity contribution in [1.82, 2.24) is 4.57 Å². The number of carbonyl (C=O) groups excluding carboxylic acids is 1. The van der Waals surface area contributed by atoms with E-state index < -0.39 is 5.97 Å². The van der Waals surface area contributed by atoms with E-state index in [9.17, 15) is 14.7 Å². The summed E-state index contributed by atoms with van der Waals surface area (Å²) in [6.45, 7) is 6.94. The number of aryl methyl sites for hydroxylation is 2. The maximum atomic E-state index is 12.0. The number of benzene rings is 6. The van der Waals surface area contributed by atoms with E-state index in [1.165, 1.54) is 26.4 Å². The van der Waals surface area contributed by atoms with E-state index in [4.69, 9.17) is 4.74 Å². The largest absolute Gasteiger partial charge is 0.481 e. The molecule has 8 rings (SSSR count). The maximum Gasteiger partial charge on any atom is 0.307 e. The number of hydrogen-bond acceptors (Lipinski definition) is 5. The highest BCUT2D eigenvalue weighted by atomic mass is 32.2. The second kappa shape index (κ2) is 15.2. The number of fused-ring (bicyclic) bond motifs is 12. The Morgan fingerprint density at radius 2 is 1.37 bits per heavy atom. The van der Waals surface area contributed by atoms with Gasteiger partial charge in [-0.2, -0.15) is 0 Å². The molecule has 0 atom stereocenters. The Kier molecular flexibility index (Phi) is 9.93. The Hall–Kier alpha value is -5.86. The summed E-state index contributed by atoms with van der Waals surface area (Å²) in [5.41, 5.74) is 3.33. The van der Waals surface area contributed by atoms with Gasteiger partial charge in [0.15, 0.2) is 11.0 Å². The van der Waals surface area contributed by atoms with E-state index in [2.05, 4.69) is 149 Å². The van der Waals surface area contributed by atoms with E-state index >= 15 is 0 Å². The molecule has 6 aromatic carbocycles. The second-order valence-corrected chi connectivity index (χ2v) is 15.0. The van der Waals surface area contributed by atoms with Gasteiger partial charge in [0.1, 0.15) is 13.2 Å². The van der Waals surface area contributed by atoms with Crippen molar-refractivity contribution in [2.24, 2.45) is 5.92 Å². The van der Waals surface area contributed by atoms with Crippen LogP contribution in [0.4, 0.5) is 5.69 Å². The molecule has 0 amide bonds. The topological polar surface area (TPSA) is 75.7 Å². The number of hydrogen-bond donors (Lipinski definition) is 1. The van der Waals surface area contributed by atoms with Crippen LogP contribution in [0, 0.1) is 5.92 Å². The lowest BCUT2D eigenvalue weighted by atomic mass is 9.99. The minimum atomic E-state index is -0.823. The second-order valence-electron chi connectivity index (χ2n) is 14.0. The van der Waals surface area contributed by atoms with Crippen LogP contribution in [-0.4, -0.2) is 35.3 Å². The fourth-order valence-electron chi connectivity index (χ4n) is 7.87. The SMILES string of the molecule is CC(C)CCn1c(/C=C/C=C/C=C2/Sc3c(c4ccccc4c4ccccc34)N2CCOC=O)[n+](CCC(=O)O)c2c3ccccc3c3ccccc3c21. The van der Waals surface area contributed by atoms with Crippen molar-refractivity contribution in [2.75, 3.05) is 18.1 Å². The lowest BCUT2D eigenvalue weighted by molar-refractivity contribution is -0.672. The van der Waals surface area contributed by atoms with E-state index in [0.717, 1.165) is 62.1 Å². The Morgan fingerprint density at radius 3 is 2.04 bits per heavy atom. The summed E-state index contributed by atoms with van der Waals surface area (Å²) < 4.78 is 9.79. The van der Waals surface area contributed by atoms with Crippen molar-refractivity contribution in [2.45, 2.75) is 44.7 Å². The zero-order chi connectivity index (χ0) is 37.2. The molecule has 7 nitrogen and oxygen atoms in total. The predicted octanol–water partition coefficient (Wildman–Crippen LogP) is 10.3. The average molecular weight is 733 g/mol. The lowest BCUT2D eigenvalue weighted by Gasteiger charge is -2.21. The van der Waals surface area contributed by atoms with Crippen molar-refractivity contribution in [3.05, 3.63) is 132 Å². The minimum Gasteiger partial charge on any atom is -0.481 e. The molecular weight excluding hydrogens is 691 g/mol. The number of anilines is 1. The van der Waals surface area contributed by atoms with Gasteiger partial charge in [0.2, 0.25) is 0 Å². The summed E-state index contributed by atoms with van der Waals surface area (Å²) in [7, 11) is 0. The van der Waals surface area contributed by atoms with Crippen LogP contribution in [0.5, 0.6) is 0 Å². The van der Waals surface area contributed by atoms with E-state index in [-0.39, 0.29) is 13.0 Å². The third-order valence-electron chi connectivity index (χ3n) is 10.3. The van der Waals surface area contributed by atoms with E-state index in [1.54, 1.807) is 11.8 Å². The first-order valence-corrected chi connectivity index (χ1v) is 19.3. The van der Waals surface area contributed by atoms with Gasteiger partial charge < -0.3 is 14.7 Å². The fourth-order valence-corrected chi connectivity index (χ4v) is 9.12. The first-order valence-electron chi connectivity index (χ1n) is 18.5. The first kappa shape index (κ1) is 35.2. The van der Waals surface area contributed by atoms with Gasteiger partial charge in [-0.25, -0.2) is 9.13 Å². The van der Waals surface area contributed by atoms with Gasteiger partial charge in [0.05, 0.1) is 30.2 Å². The van der Waals surface area contributed by atoms with Crippen LogP contribution < -0.4 is 9.47 Å². The molecule has 7 aromatic rings. The molecule has 270 valence electrons. The molecule has 2 heterocycles. The first-order chi connectivity index (χ1) is 26.5. The van der Waals surface area contributed by atoms with Gasteiger partial charge in [-0.15, -0.1) is 0 Å². The molecule has 0 spiro atoms. The summed E-state index contributed by atoms with van der Waals surface area (Å²) in [4.78, 5) is 26.6. The van der Waals surface area contributed by atoms with Crippen molar-refractivity contribution in [3.8, 4) is 0 Å². The van der Waals surface area contributed by atoms with Crippen molar-refractivity contribution in [3.63, 3.8) is 0 Å². The number of imidazole rings is 1. The molecule has 1 aliphatic heterocycles. The van der Waals surface area contributed by atoms with Gasteiger partial charge >= 0.3 is 5.97 Å². The number of rotatable bonds is 13. The summed E-state index contributed by atoms with van der Waals surface area (Å²) in [5, 5.41) is 20.3. The molecule has 0 radical (unpaired) electrons. The smallest absolute Gasteiger partial charge is 0.307 e. The zero-order valence-electron chi connectivity index (χ0n) is 30.4. The molecule has 8 heteroatoms. The van der Waals surface area contributed by atoms with Crippen LogP contribution in [0.2, 0.25) is 0 Å². The quantitative estimate of drug-likeness (QED) is 0.0418. The maximum absolute atomic E-state index is 12.0. The molecule has 1 N–H and O–H groups in total. The van der Waals surface area contributed by atoms with Crippen LogP contribution in [0.15, 0.2) is 131 Å². The molecule has 0 aliphatic carbocycles. The van der Waals surface area contributed by atoms with Gasteiger partial charge in [-0.3, -0.25) is 9.59 Å². The molecular formula is C46H42N3O4S+. The molecule has 1 aliphatic rings. The zero-order valence-corrected chi connectivity index (χ0v) is 31.3. The Bertz CT molecular complexity index is 2670. The van der Waals surface area contributed by atoms with Gasteiger partial charge in [0, 0.05) is 27.1 Å². The Balaban J connectivity index is 1.23. The fraction of sp³-hybridized carbons (Fsp3) is 0.196. The van der Waals surface area contributed by atoms with E-state index in [0.29, 0.717) is 25.5 Å². The summed E-state index contributed by atoms with van der Waals surface area (Å²) >= 11 is 1.73. The van der Waals surface area contributed by atoms with Gasteiger partial charge in [-0.05, 0) is 57.5 Å². The van der Waals surface area contributed by atoms with Crippen molar-refractivity contribution < 1.29 is 24.0 Å². The molecule has 0 saturated carbocycles. The number of carboxylic acid groups (broad SMARTS) is 1. The molecule has 0 fully saturated rings. The number of aromatic nitrogens is 2. The molecule has 0 bridgehead atoms. The normalized spacial score (nSPS) is 14.0. The summed E-state index contributed by atoms with van der Waals surface area (Å²) in [6.07, 6.45) is 11.4. The lowest BCUT2D eigenvalue weighted by Crippen LogP contribution is -2.37. The van der Waals surface area contributed by atoms with Crippen LogP contribution in [0.25, 0.3) is 60.2 Å². The highest BCUT2D eigenvalue weighted by Crippen LogP contribution is 2.53. The van der Waals surface area contributed by atoms with Crippen LogP contribution in [0.3, 0.4) is 0 Å². The van der Waals surface area contributed by atoms with E-state index in [1.807, 2.05) is 6.08 Å². The summed E-state index contributed by atoms with van der Waals surface area (Å²) in [6, 6.07) is 34.0. The number of allylic oxidation sites excluding steroid dienone is 4. The van der Waals surface area contributed by atoms with Gasteiger partial charge in [0.25, 0.3) is 12.3 Å².